The number of aromatic nitrogens is 4. The second-order valence-corrected chi connectivity index (χ2v) is 5.10. The number of aromatic amines is 1. The minimum absolute atomic E-state index is 0.383. The summed E-state index contributed by atoms with van der Waals surface area (Å²) in [6, 6.07) is 15.6. The molecule has 3 aromatic heterocycles. The van der Waals surface area contributed by atoms with Crippen LogP contribution in [0.15, 0.2) is 61.1 Å². The van der Waals surface area contributed by atoms with Crippen molar-refractivity contribution < 1.29 is 0 Å². The third-order valence-electron chi connectivity index (χ3n) is 3.70. The van der Waals surface area contributed by atoms with E-state index < -0.39 is 0 Å². The van der Waals surface area contributed by atoms with E-state index in [0.29, 0.717) is 5.69 Å². The number of rotatable bonds is 2. The summed E-state index contributed by atoms with van der Waals surface area (Å²) in [4.78, 5) is 8.88. The fraction of sp³-hybridized carbons (Fsp3) is 0. The molecule has 4 rings (SSSR count). The summed E-state index contributed by atoms with van der Waals surface area (Å²) in [5.74, 6) is 0. The van der Waals surface area contributed by atoms with Crippen molar-refractivity contribution >= 4 is 10.9 Å². The van der Waals surface area contributed by atoms with Gasteiger partial charge in [0.05, 0.1) is 17.4 Å². The van der Waals surface area contributed by atoms with Gasteiger partial charge in [-0.3, -0.25) is 10.1 Å². The first-order valence-electron chi connectivity index (χ1n) is 7.10. The summed E-state index contributed by atoms with van der Waals surface area (Å²) < 4.78 is 0. The van der Waals surface area contributed by atoms with Gasteiger partial charge in [-0.25, -0.2) is 4.98 Å². The second kappa shape index (κ2) is 5.35. The fourth-order valence-electron chi connectivity index (χ4n) is 2.59. The molecule has 0 aliphatic rings. The van der Waals surface area contributed by atoms with Gasteiger partial charge in [0.25, 0.3) is 0 Å². The lowest BCUT2D eigenvalue weighted by molar-refractivity contribution is 1.09. The minimum atomic E-state index is 0.383. The van der Waals surface area contributed by atoms with Crippen molar-refractivity contribution in [3.8, 4) is 28.5 Å². The molecule has 0 radical (unpaired) electrons. The Labute approximate surface area is 132 Å². The SMILES string of the molecule is N#Cc1ccc(-c2cn[nH]c2)c(-c2ccc3cccnc3c2)n1. The molecule has 5 heteroatoms. The van der Waals surface area contributed by atoms with Gasteiger partial charge in [0.2, 0.25) is 0 Å². The molecule has 0 saturated heterocycles. The zero-order valence-electron chi connectivity index (χ0n) is 12.1. The first-order chi connectivity index (χ1) is 11.3. The molecule has 108 valence electrons. The van der Waals surface area contributed by atoms with Crippen molar-refractivity contribution in [2.75, 3.05) is 0 Å². The number of hydrogen-bond donors (Lipinski definition) is 1. The van der Waals surface area contributed by atoms with Gasteiger partial charge in [-0.05, 0) is 24.3 Å². The average molecular weight is 297 g/mol. The molecule has 0 unspecified atom stereocenters. The Morgan fingerprint density at radius 2 is 2.00 bits per heavy atom. The molecule has 0 atom stereocenters. The highest BCUT2D eigenvalue weighted by Crippen LogP contribution is 2.31. The van der Waals surface area contributed by atoms with Crippen molar-refractivity contribution in [1.29, 1.82) is 5.26 Å². The fourth-order valence-corrected chi connectivity index (χ4v) is 2.59. The van der Waals surface area contributed by atoms with Gasteiger partial charge in [-0.2, -0.15) is 10.4 Å². The van der Waals surface area contributed by atoms with Crippen LogP contribution in [0.1, 0.15) is 5.69 Å². The van der Waals surface area contributed by atoms with Crippen LogP contribution in [0.3, 0.4) is 0 Å². The molecule has 1 N–H and O–H groups in total. The zero-order chi connectivity index (χ0) is 15.6. The number of fused-ring (bicyclic) bond motifs is 1. The average Bonchev–Trinajstić information content (AvgIpc) is 3.15. The molecule has 0 spiro atoms. The lowest BCUT2D eigenvalue weighted by Gasteiger charge is -2.08. The zero-order valence-corrected chi connectivity index (χ0v) is 12.1. The van der Waals surface area contributed by atoms with E-state index in [-0.39, 0.29) is 0 Å². The van der Waals surface area contributed by atoms with Crippen molar-refractivity contribution in [1.82, 2.24) is 20.2 Å². The van der Waals surface area contributed by atoms with E-state index in [2.05, 4.69) is 26.2 Å². The number of benzene rings is 1. The number of H-pyrrole nitrogens is 1. The maximum Gasteiger partial charge on any atom is 0.141 e. The molecule has 0 fully saturated rings. The molecule has 0 saturated carbocycles. The minimum Gasteiger partial charge on any atom is -0.285 e. The van der Waals surface area contributed by atoms with Crippen LogP contribution < -0.4 is 0 Å². The van der Waals surface area contributed by atoms with E-state index >= 15 is 0 Å². The molecule has 0 amide bonds. The monoisotopic (exact) mass is 297 g/mol. The first kappa shape index (κ1) is 13.2. The maximum absolute atomic E-state index is 9.16. The number of pyridine rings is 2. The van der Waals surface area contributed by atoms with Crippen LogP contribution in [0.2, 0.25) is 0 Å². The molecule has 4 aromatic rings. The predicted molar refractivity (Wildman–Crippen MR) is 87.3 cm³/mol. The van der Waals surface area contributed by atoms with E-state index in [1.807, 2.05) is 42.6 Å². The number of nitriles is 1. The largest absolute Gasteiger partial charge is 0.285 e. The van der Waals surface area contributed by atoms with Crippen molar-refractivity contribution in [3.05, 3.63) is 66.7 Å². The smallest absolute Gasteiger partial charge is 0.141 e. The molecular formula is C18H11N5. The van der Waals surface area contributed by atoms with Crippen LogP contribution in [0.25, 0.3) is 33.3 Å². The van der Waals surface area contributed by atoms with E-state index in [1.165, 1.54) is 0 Å². The standard InChI is InChI=1S/C18H11N5/c19-9-15-5-6-16(14-10-21-22-11-14)18(23-15)13-4-3-12-2-1-7-20-17(12)8-13/h1-8,10-11H,(H,21,22). The summed E-state index contributed by atoms with van der Waals surface area (Å²) in [6.45, 7) is 0. The molecule has 0 bridgehead atoms. The molecule has 1 aromatic carbocycles. The molecular weight excluding hydrogens is 286 g/mol. The Bertz CT molecular complexity index is 1030. The van der Waals surface area contributed by atoms with E-state index in [1.54, 1.807) is 18.5 Å². The second-order valence-electron chi connectivity index (χ2n) is 5.10. The highest BCUT2D eigenvalue weighted by molar-refractivity contribution is 5.87. The third kappa shape index (κ3) is 2.32. The summed E-state index contributed by atoms with van der Waals surface area (Å²) >= 11 is 0. The van der Waals surface area contributed by atoms with Crippen molar-refractivity contribution in [2.45, 2.75) is 0 Å². The number of hydrogen-bond acceptors (Lipinski definition) is 4. The molecule has 23 heavy (non-hydrogen) atoms. The van der Waals surface area contributed by atoms with Gasteiger partial charge in [-0.15, -0.1) is 0 Å². The topological polar surface area (TPSA) is 78.2 Å². The highest BCUT2D eigenvalue weighted by Gasteiger charge is 2.12. The number of nitrogens with one attached hydrogen (secondary N) is 1. The lowest BCUT2D eigenvalue weighted by Crippen LogP contribution is -1.92. The molecule has 5 nitrogen and oxygen atoms in total. The van der Waals surface area contributed by atoms with Crippen LogP contribution in [0.5, 0.6) is 0 Å². The van der Waals surface area contributed by atoms with E-state index in [4.69, 9.17) is 5.26 Å². The summed E-state index contributed by atoms with van der Waals surface area (Å²) in [7, 11) is 0. The maximum atomic E-state index is 9.16. The summed E-state index contributed by atoms with van der Waals surface area (Å²) in [5.41, 5.74) is 4.80. The van der Waals surface area contributed by atoms with Crippen LogP contribution in [0.4, 0.5) is 0 Å². The Kier molecular flexibility index (Phi) is 3.06. The Morgan fingerprint density at radius 1 is 1.04 bits per heavy atom. The third-order valence-corrected chi connectivity index (χ3v) is 3.70. The van der Waals surface area contributed by atoms with Gasteiger partial charge in [0, 0.05) is 34.5 Å². The van der Waals surface area contributed by atoms with Gasteiger partial charge in [0.1, 0.15) is 11.8 Å². The van der Waals surface area contributed by atoms with Crippen molar-refractivity contribution in [3.63, 3.8) is 0 Å². The Balaban J connectivity index is 1.97. The van der Waals surface area contributed by atoms with Gasteiger partial charge in [-0.1, -0.05) is 18.2 Å². The van der Waals surface area contributed by atoms with Crippen molar-refractivity contribution in [2.24, 2.45) is 0 Å². The normalized spacial score (nSPS) is 10.6. The Hall–Kier alpha value is -3.52. The van der Waals surface area contributed by atoms with E-state index in [0.717, 1.165) is 33.3 Å². The van der Waals surface area contributed by atoms with Gasteiger partial charge < -0.3 is 0 Å². The molecule has 3 heterocycles. The van der Waals surface area contributed by atoms with Gasteiger partial charge >= 0.3 is 0 Å². The van der Waals surface area contributed by atoms with Crippen LogP contribution >= 0.6 is 0 Å². The molecule has 0 aliphatic heterocycles. The van der Waals surface area contributed by atoms with Crippen LogP contribution in [-0.4, -0.2) is 20.2 Å². The first-order valence-corrected chi connectivity index (χ1v) is 7.10. The quantitative estimate of drug-likeness (QED) is 0.613. The highest BCUT2D eigenvalue weighted by atomic mass is 15.1. The summed E-state index contributed by atoms with van der Waals surface area (Å²) in [6.07, 6.45) is 5.32. The lowest BCUT2D eigenvalue weighted by atomic mass is 10.00. The number of nitrogens with zero attached hydrogens (tertiary/aromatic N) is 4. The predicted octanol–water partition coefficient (Wildman–Crippen LogP) is 3.56. The van der Waals surface area contributed by atoms with E-state index in [9.17, 15) is 0 Å². The molecule has 0 aliphatic carbocycles. The summed E-state index contributed by atoms with van der Waals surface area (Å²) in [5, 5.41) is 17.0. The van der Waals surface area contributed by atoms with Crippen LogP contribution in [0, 0.1) is 11.3 Å². The van der Waals surface area contributed by atoms with Crippen LogP contribution in [-0.2, 0) is 0 Å². The van der Waals surface area contributed by atoms with Gasteiger partial charge in [0.15, 0.2) is 0 Å². The Morgan fingerprint density at radius 3 is 2.83 bits per heavy atom.